The molecule has 2 N–H and O–H groups in total. The molecule has 1 unspecified atom stereocenters. The van der Waals surface area contributed by atoms with Gasteiger partial charge in [-0.3, -0.25) is 43.9 Å². The summed E-state index contributed by atoms with van der Waals surface area (Å²) >= 11 is 0. The van der Waals surface area contributed by atoms with Gasteiger partial charge in [0.05, 0.1) is 46.3 Å². The van der Waals surface area contributed by atoms with Gasteiger partial charge >= 0.3 is 6.18 Å². The maximum atomic E-state index is 13.3. The average Bonchev–Trinajstić information content (AvgIpc) is 3.55. The van der Waals surface area contributed by atoms with Crippen LogP contribution in [0.4, 0.5) is 24.5 Å². The Morgan fingerprint density at radius 3 is 2.50 bits per heavy atom. The number of halogens is 3. The van der Waals surface area contributed by atoms with Gasteiger partial charge in [-0.25, -0.2) is 0 Å². The third-order valence-corrected chi connectivity index (χ3v) is 8.18. The summed E-state index contributed by atoms with van der Waals surface area (Å²) in [5.41, 5.74) is -1.21. The Bertz CT molecular complexity index is 1870. The molecule has 2 saturated heterocycles. The van der Waals surface area contributed by atoms with E-state index in [1.165, 1.54) is 30.9 Å². The molecule has 1 atom stereocenters. The standard InChI is InChI=1S/C31H26F3N7O5/c1-30(2,29(46)37-23-13-35-10-9-22(23)31(32,33)34)40-16-17(12-36-40)3-4-18-14-39(15-18)19-5-6-20-21(11-19)28(45)41(27(20)44)24-7-8-25(42)38-26(24)43/h5-6,9-13,16,18,24H,7-8,14-15H2,1-2H3,(H,37,46)(H,38,42,43). The SMILES string of the molecule is CC(C)(C(=O)Nc1cnccc1C(F)(F)F)n1cc(C#CC2CN(c3ccc4c(c3)C(=O)N(C3CCC(=O)NC3=O)C4=O)C2)cn1. The number of benzene rings is 1. The number of hydrogen-bond donors (Lipinski definition) is 2. The molecule has 1 aromatic carbocycles. The van der Waals surface area contributed by atoms with Gasteiger partial charge in [-0.15, -0.1) is 0 Å². The second kappa shape index (κ2) is 11.1. The van der Waals surface area contributed by atoms with Crippen molar-refractivity contribution in [3.63, 3.8) is 0 Å². The fraction of sp³-hybridized carbons (Fsp3) is 0.323. The Morgan fingerprint density at radius 2 is 1.78 bits per heavy atom. The molecular formula is C31H26F3N7O5. The largest absolute Gasteiger partial charge is 0.418 e. The predicted molar refractivity (Wildman–Crippen MR) is 155 cm³/mol. The molecule has 6 rings (SSSR count). The number of hydrogen-bond acceptors (Lipinski definition) is 8. The molecule has 5 heterocycles. The van der Waals surface area contributed by atoms with Crippen LogP contribution >= 0.6 is 0 Å². The van der Waals surface area contributed by atoms with Gasteiger partial charge in [0, 0.05) is 37.6 Å². The zero-order valence-corrected chi connectivity index (χ0v) is 24.5. The van der Waals surface area contributed by atoms with Gasteiger partial charge in [-0.2, -0.15) is 18.3 Å². The molecule has 3 aliphatic heterocycles. The fourth-order valence-corrected chi connectivity index (χ4v) is 5.44. The first kappa shape index (κ1) is 30.5. The first-order valence-corrected chi connectivity index (χ1v) is 14.2. The van der Waals surface area contributed by atoms with Crippen molar-refractivity contribution in [2.75, 3.05) is 23.3 Å². The van der Waals surface area contributed by atoms with Crippen molar-refractivity contribution in [2.45, 2.75) is 44.4 Å². The smallest absolute Gasteiger partial charge is 0.369 e. The maximum Gasteiger partial charge on any atom is 0.418 e. The number of piperidine rings is 1. The quantitative estimate of drug-likeness (QED) is 0.322. The second-order valence-corrected chi connectivity index (χ2v) is 11.7. The minimum absolute atomic E-state index is 0.0309. The Balaban J connectivity index is 1.08. The van der Waals surface area contributed by atoms with Gasteiger partial charge in [0.25, 0.3) is 17.7 Å². The van der Waals surface area contributed by atoms with E-state index in [4.69, 9.17) is 0 Å². The summed E-state index contributed by atoms with van der Waals surface area (Å²) in [5.74, 6) is 3.14. The van der Waals surface area contributed by atoms with Crippen molar-refractivity contribution >= 4 is 40.9 Å². The molecule has 236 valence electrons. The van der Waals surface area contributed by atoms with Crippen LogP contribution in [0.5, 0.6) is 0 Å². The lowest BCUT2D eigenvalue weighted by Crippen LogP contribution is -2.54. The highest BCUT2D eigenvalue weighted by Crippen LogP contribution is 2.35. The molecule has 0 saturated carbocycles. The molecule has 5 amide bonds. The number of fused-ring (bicyclic) bond motifs is 1. The lowest BCUT2D eigenvalue weighted by molar-refractivity contribution is -0.138. The van der Waals surface area contributed by atoms with Gasteiger partial charge in [-0.1, -0.05) is 11.8 Å². The van der Waals surface area contributed by atoms with Crippen molar-refractivity contribution in [3.8, 4) is 11.8 Å². The molecule has 3 aromatic rings. The zero-order chi connectivity index (χ0) is 33.0. The minimum atomic E-state index is -4.67. The van der Waals surface area contributed by atoms with Crippen molar-refractivity contribution in [1.29, 1.82) is 0 Å². The minimum Gasteiger partial charge on any atom is -0.369 e. The van der Waals surface area contributed by atoms with Gasteiger partial charge in [0.15, 0.2) is 0 Å². The molecular weight excluding hydrogens is 607 g/mol. The van der Waals surface area contributed by atoms with Crippen LogP contribution in [-0.2, 0) is 26.1 Å². The number of imide groups is 2. The number of aromatic nitrogens is 3. The van der Waals surface area contributed by atoms with E-state index < -0.39 is 58.5 Å². The number of alkyl halides is 3. The van der Waals surface area contributed by atoms with E-state index in [9.17, 15) is 37.1 Å². The van der Waals surface area contributed by atoms with Crippen molar-refractivity contribution in [3.05, 3.63) is 71.3 Å². The number of amides is 5. The Kier molecular flexibility index (Phi) is 7.38. The van der Waals surface area contributed by atoms with Crippen molar-refractivity contribution < 1.29 is 37.1 Å². The average molecular weight is 634 g/mol. The van der Waals surface area contributed by atoms with Crippen LogP contribution in [0.15, 0.2) is 49.1 Å². The Hall–Kier alpha value is -5.52. The summed E-state index contributed by atoms with van der Waals surface area (Å²) in [7, 11) is 0. The van der Waals surface area contributed by atoms with Gasteiger partial charge in [0.2, 0.25) is 11.8 Å². The predicted octanol–water partition coefficient (Wildman–Crippen LogP) is 2.56. The van der Waals surface area contributed by atoms with Crippen LogP contribution in [-0.4, -0.2) is 68.3 Å². The first-order valence-electron chi connectivity index (χ1n) is 14.2. The lowest BCUT2D eigenvalue weighted by Gasteiger charge is -2.38. The zero-order valence-electron chi connectivity index (χ0n) is 24.5. The summed E-state index contributed by atoms with van der Waals surface area (Å²) < 4.78 is 41.4. The van der Waals surface area contributed by atoms with Crippen LogP contribution in [0.25, 0.3) is 0 Å². The first-order chi connectivity index (χ1) is 21.7. The molecule has 0 radical (unpaired) electrons. The van der Waals surface area contributed by atoms with Crippen molar-refractivity contribution in [1.82, 2.24) is 25.0 Å². The summed E-state index contributed by atoms with van der Waals surface area (Å²) in [4.78, 5) is 69.4. The summed E-state index contributed by atoms with van der Waals surface area (Å²) in [6, 6.07) is 4.65. The Labute approximate surface area is 259 Å². The number of pyridine rings is 1. The number of rotatable bonds is 5. The van der Waals surface area contributed by atoms with E-state index in [-0.39, 0.29) is 29.9 Å². The molecule has 3 aliphatic rings. The van der Waals surface area contributed by atoms with Gasteiger partial charge < -0.3 is 10.2 Å². The highest BCUT2D eigenvalue weighted by Gasteiger charge is 2.45. The van der Waals surface area contributed by atoms with Crippen LogP contribution in [0, 0.1) is 17.8 Å². The number of carbonyl (C=O) groups excluding carboxylic acids is 5. The molecule has 46 heavy (non-hydrogen) atoms. The molecule has 0 bridgehead atoms. The van der Waals surface area contributed by atoms with E-state index in [1.54, 1.807) is 18.2 Å². The van der Waals surface area contributed by atoms with E-state index in [0.29, 0.717) is 24.3 Å². The van der Waals surface area contributed by atoms with Crippen LogP contribution in [0.1, 0.15) is 58.5 Å². The summed E-state index contributed by atoms with van der Waals surface area (Å²) in [6.07, 6.45) is 0.378. The van der Waals surface area contributed by atoms with Crippen LogP contribution < -0.4 is 15.5 Å². The molecule has 0 aliphatic carbocycles. The number of anilines is 2. The van der Waals surface area contributed by atoms with E-state index in [0.717, 1.165) is 23.4 Å². The summed E-state index contributed by atoms with van der Waals surface area (Å²) in [6.45, 7) is 4.11. The monoisotopic (exact) mass is 633 g/mol. The van der Waals surface area contributed by atoms with E-state index in [1.807, 2.05) is 4.90 Å². The molecule has 15 heteroatoms. The number of nitrogens with zero attached hydrogens (tertiary/aromatic N) is 5. The maximum absolute atomic E-state index is 13.3. The third kappa shape index (κ3) is 5.46. The molecule has 2 fully saturated rings. The fourth-order valence-electron chi connectivity index (χ4n) is 5.44. The highest BCUT2D eigenvalue weighted by atomic mass is 19.4. The van der Waals surface area contributed by atoms with Crippen molar-refractivity contribution in [2.24, 2.45) is 5.92 Å². The highest BCUT2D eigenvalue weighted by molar-refractivity contribution is 6.23. The second-order valence-electron chi connectivity index (χ2n) is 11.7. The Morgan fingerprint density at radius 1 is 1.04 bits per heavy atom. The topological polar surface area (TPSA) is 147 Å². The van der Waals surface area contributed by atoms with Crippen LogP contribution in [0.2, 0.25) is 0 Å². The van der Waals surface area contributed by atoms with Gasteiger partial charge in [0.1, 0.15) is 11.6 Å². The lowest BCUT2D eigenvalue weighted by atomic mass is 9.98. The van der Waals surface area contributed by atoms with Crippen LogP contribution in [0.3, 0.4) is 0 Å². The normalized spacial score (nSPS) is 18.5. The van der Waals surface area contributed by atoms with E-state index in [2.05, 4.69) is 32.6 Å². The van der Waals surface area contributed by atoms with Gasteiger partial charge in [-0.05, 0) is 44.5 Å². The molecule has 0 spiro atoms. The molecule has 12 nitrogen and oxygen atoms in total. The summed E-state index contributed by atoms with van der Waals surface area (Å²) in [5, 5.41) is 8.68. The number of nitrogens with one attached hydrogen (secondary N) is 2. The number of carbonyl (C=O) groups is 5. The van der Waals surface area contributed by atoms with E-state index >= 15 is 0 Å². The molecule has 2 aromatic heterocycles. The third-order valence-electron chi connectivity index (χ3n) is 8.18.